The number of carbonyl (C=O) groups excluding carboxylic acids is 6. The molecule has 3 aromatic rings. The van der Waals surface area contributed by atoms with E-state index in [4.69, 9.17) is 11.6 Å². The summed E-state index contributed by atoms with van der Waals surface area (Å²) in [7, 11) is 1.43. The Morgan fingerprint density at radius 1 is 0.849 bits per heavy atom. The molecule has 1 aliphatic heterocycles. The van der Waals surface area contributed by atoms with Crippen LogP contribution >= 0.6 is 11.6 Å². The van der Waals surface area contributed by atoms with Crippen LogP contribution in [0.4, 0.5) is 4.39 Å². The van der Waals surface area contributed by atoms with Crippen LogP contribution in [0.2, 0.25) is 5.02 Å². The molecule has 1 saturated heterocycles. The highest BCUT2D eigenvalue weighted by Gasteiger charge is 2.35. The van der Waals surface area contributed by atoms with E-state index >= 15 is 0 Å². The third kappa shape index (κ3) is 11.1. The topological polar surface area (TPSA) is 157 Å². The summed E-state index contributed by atoms with van der Waals surface area (Å²) in [6, 6.07) is 16.2. The van der Waals surface area contributed by atoms with Crippen molar-refractivity contribution in [3.05, 3.63) is 106 Å². The second kappa shape index (κ2) is 18.5. The fourth-order valence-corrected chi connectivity index (χ4v) is 6.12. The Bertz CT molecular complexity index is 1800. The van der Waals surface area contributed by atoms with Crippen molar-refractivity contribution in [3.63, 3.8) is 0 Å². The molecule has 3 aromatic carbocycles. The van der Waals surface area contributed by atoms with Crippen molar-refractivity contribution < 1.29 is 33.2 Å². The highest BCUT2D eigenvalue weighted by Crippen LogP contribution is 2.21. The van der Waals surface area contributed by atoms with Gasteiger partial charge in [-0.15, -0.1) is 0 Å². The van der Waals surface area contributed by atoms with E-state index in [1.165, 1.54) is 42.8 Å². The zero-order valence-electron chi connectivity index (χ0n) is 30.4. The van der Waals surface area contributed by atoms with Gasteiger partial charge in [-0.2, -0.15) is 0 Å². The summed E-state index contributed by atoms with van der Waals surface area (Å²) in [6.07, 6.45) is -0.229. The lowest BCUT2D eigenvalue weighted by molar-refractivity contribution is -0.143. The summed E-state index contributed by atoms with van der Waals surface area (Å²) in [5.74, 6) is -4.58. The zero-order valence-corrected chi connectivity index (χ0v) is 31.2. The van der Waals surface area contributed by atoms with Gasteiger partial charge in [0.1, 0.15) is 30.0 Å². The maximum absolute atomic E-state index is 14.0. The summed E-state index contributed by atoms with van der Waals surface area (Å²) in [4.78, 5) is 85.0. The third-order valence-electron chi connectivity index (χ3n) is 9.19. The maximum atomic E-state index is 14.0. The second-order valence-electron chi connectivity index (χ2n) is 13.6. The quantitative estimate of drug-likeness (QED) is 0.304. The number of benzene rings is 3. The Balaban J connectivity index is 1.77. The zero-order chi connectivity index (χ0) is 38.8. The molecule has 1 fully saturated rings. The molecule has 1 heterocycles. The van der Waals surface area contributed by atoms with Crippen LogP contribution < -0.4 is 21.3 Å². The molecule has 14 heteroatoms. The Hall–Kier alpha value is -5.30. The minimum Gasteiger partial charge on any atom is -0.346 e. The van der Waals surface area contributed by atoms with Gasteiger partial charge in [-0.25, -0.2) is 4.39 Å². The van der Waals surface area contributed by atoms with E-state index in [0.29, 0.717) is 11.1 Å². The van der Waals surface area contributed by atoms with E-state index in [1.54, 1.807) is 68.4 Å². The number of nitrogens with one attached hydrogen (secondary N) is 4. The average Bonchev–Trinajstić information content (AvgIpc) is 3.13. The average molecular weight is 749 g/mol. The molecule has 4 N–H and O–H groups in total. The predicted molar refractivity (Wildman–Crippen MR) is 198 cm³/mol. The minimum atomic E-state index is -1.15. The number of carbonyl (C=O) groups is 6. The molecule has 0 bridgehead atoms. The van der Waals surface area contributed by atoms with Crippen molar-refractivity contribution >= 4 is 47.0 Å². The fraction of sp³-hybridized carbons (Fsp3) is 0.385. The van der Waals surface area contributed by atoms with Crippen LogP contribution in [0.1, 0.15) is 50.4 Å². The van der Waals surface area contributed by atoms with Gasteiger partial charge in [0.25, 0.3) is 0 Å². The molecule has 1 aliphatic rings. The van der Waals surface area contributed by atoms with Crippen molar-refractivity contribution in [2.45, 2.75) is 70.7 Å². The summed E-state index contributed by atoms with van der Waals surface area (Å²) in [5.41, 5.74) is 1.65. The first kappa shape index (κ1) is 40.5. The number of halogens is 2. The molecule has 282 valence electrons. The largest absolute Gasteiger partial charge is 0.346 e. The van der Waals surface area contributed by atoms with E-state index in [-0.39, 0.29) is 30.3 Å². The lowest BCUT2D eigenvalue weighted by atomic mass is 10.0. The third-order valence-corrected chi connectivity index (χ3v) is 9.54. The Morgan fingerprint density at radius 3 is 2.11 bits per heavy atom. The Labute approximate surface area is 313 Å². The van der Waals surface area contributed by atoms with Crippen LogP contribution in [0.5, 0.6) is 0 Å². The second-order valence-corrected chi connectivity index (χ2v) is 14.0. The van der Waals surface area contributed by atoms with Gasteiger partial charge in [-0.05, 0) is 48.6 Å². The molecule has 5 atom stereocenters. The normalized spacial score (nSPS) is 22.6. The van der Waals surface area contributed by atoms with Crippen LogP contribution in [-0.4, -0.2) is 89.5 Å². The molecule has 0 radical (unpaired) electrons. The first-order valence-corrected chi connectivity index (χ1v) is 17.8. The number of hydrogen-bond donors (Lipinski definition) is 4. The number of nitrogens with zero attached hydrogens (tertiary/aromatic N) is 2. The van der Waals surface area contributed by atoms with E-state index in [1.807, 2.05) is 6.07 Å². The van der Waals surface area contributed by atoms with Gasteiger partial charge in [0.2, 0.25) is 35.4 Å². The maximum Gasteiger partial charge on any atom is 0.245 e. The lowest BCUT2D eigenvalue weighted by Crippen LogP contribution is -2.59. The monoisotopic (exact) mass is 748 g/mol. The van der Waals surface area contributed by atoms with Crippen LogP contribution in [0.3, 0.4) is 0 Å². The van der Waals surface area contributed by atoms with E-state index in [2.05, 4.69) is 21.3 Å². The van der Waals surface area contributed by atoms with Crippen LogP contribution in [0.15, 0.2) is 78.9 Å². The first-order valence-electron chi connectivity index (χ1n) is 17.4. The highest BCUT2D eigenvalue weighted by molar-refractivity contribution is 6.31. The van der Waals surface area contributed by atoms with Crippen molar-refractivity contribution in [1.82, 2.24) is 31.1 Å². The van der Waals surface area contributed by atoms with E-state index < -0.39 is 78.0 Å². The van der Waals surface area contributed by atoms with Crippen molar-refractivity contribution in [1.29, 1.82) is 0 Å². The number of hydrogen-bond acceptors (Lipinski definition) is 6. The molecular weight excluding hydrogens is 703 g/mol. The lowest BCUT2D eigenvalue weighted by Gasteiger charge is -2.33. The molecule has 0 spiro atoms. The highest BCUT2D eigenvalue weighted by atomic mass is 35.5. The standard InChI is InChI=1S/C39H46ClFN6O6/c1-23(2)35-38(52)42-24(3)36(50)44-32(27-14-10-7-11-15-27)21-47(34(49)19-28-16-17-29(41)20-30(28)40)22-33(48)43-31(18-26-12-8-6-9-13-26)39(53)46(5)25(4)37(51)45-35/h6-17,20,23-25,31-32,35H,18-19,21-22H2,1-5H3,(H,42,52)(H,43,48)(H,44,50)(H,45,51)/t24-,25-,31-,32-,35+/m0/s1. The Morgan fingerprint density at radius 2 is 1.49 bits per heavy atom. The SMILES string of the molecule is CC(C)[C@H]1NC(=O)[C@H](C)N(C)C(=O)[C@H](Cc2ccccc2)NC(=O)CN(C(=O)Cc2ccc(F)cc2Cl)C[C@@H](c2ccccc2)NC(=O)[C@H](C)NC1=O. The van der Waals surface area contributed by atoms with Gasteiger partial charge >= 0.3 is 0 Å². The van der Waals surface area contributed by atoms with Crippen molar-refractivity contribution in [3.8, 4) is 0 Å². The summed E-state index contributed by atoms with van der Waals surface area (Å²) in [6.45, 7) is 5.74. The molecule has 53 heavy (non-hydrogen) atoms. The summed E-state index contributed by atoms with van der Waals surface area (Å²) in [5, 5.41) is 11.1. The van der Waals surface area contributed by atoms with Gasteiger partial charge < -0.3 is 31.1 Å². The van der Waals surface area contributed by atoms with Gasteiger partial charge in [0.15, 0.2) is 0 Å². The van der Waals surface area contributed by atoms with Crippen LogP contribution in [0, 0.1) is 11.7 Å². The molecule has 6 amide bonds. The molecule has 4 rings (SSSR count). The first-order chi connectivity index (χ1) is 25.1. The van der Waals surface area contributed by atoms with E-state index in [0.717, 1.165) is 11.6 Å². The molecule has 0 unspecified atom stereocenters. The van der Waals surface area contributed by atoms with Gasteiger partial charge in [0, 0.05) is 25.0 Å². The minimum absolute atomic E-state index is 0.0242. The Kier molecular flexibility index (Phi) is 14.1. The van der Waals surface area contributed by atoms with Crippen molar-refractivity contribution in [2.24, 2.45) is 5.92 Å². The summed E-state index contributed by atoms with van der Waals surface area (Å²) >= 11 is 6.27. The molecular formula is C39H46ClFN6O6. The molecule has 0 saturated carbocycles. The van der Waals surface area contributed by atoms with Gasteiger partial charge in [-0.3, -0.25) is 28.8 Å². The smallest absolute Gasteiger partial charge is 0.245 e. The van der Waals surface area contributed by atoms with E-state index in [9.17, 15) is 33.2 Å². The number of rotatable bonds is 6. The van der Waals surface area contributed by atoms with Gasteiger partial charge in [0.05, 0.1) is 19.0 Å². The van der Waals surface area contributed by atoms with Crippen LogP contribution in [0.25, 0.3) is 0 Å². The number of likely N-dealkylation sites (N-methyl/N-ethyl adjacent to an activating group) is 1. The predicted octanol–water partition coefficient (Wildman–Crippen LogP) is 2.94. The summed E-state index contributed by atoms with van der Waals surface area (Å²) < 4.78 is 13.8. The van der Waals surface area contributed by atoms with Crippen molar-refractivity contribution in [2.75, 3.05) is 20.1 Å². The molecule has 12 nitrogen and oxygen atoms in total. The molecule has 0 aliphatic carbocycles. The number of amides is 6. The van der Waals surface area contributed by atoms with Gasteiger partial charge in [-0.1, -0.05) is 92.2 Å². The van der Waals surface area contributed by atoms with Crippen LogP contribution in [-0.2, 0) is 41.6 Å². The fourth-order valence-electron chi connectivity index (χ4n) is 5.88. The molecule has 0 aromatic heterocycles.